The van der Waals surface area contributed by atoms with Crippen LogP contribution in [0.4, 0.5) is 9.18 Å². The first kappa shape index (κ1) is 20.8. The first-order valence-corrected chi connectivity index (χ1v) is 10.3. The molecule has 4 N–H and O–H groups in total. The first-order chi connectivity index (χ1) is 14.6. The van der Waals surface area contributed by atoms with Gasteiger partial charge >= 0.3 is 6.09 Å². The Bertz CT molecular complexity index is 817. The van der Waals surface area contributed by atoms with Crippen LogP contribution in [0.3, 0.4) is 0 Å². The number of benzene rings is 1. The van der Waals surface area contributed by atoms with E-state index in [0.29, 0.717) is 44.7 Å². The predicted octanol–water partition coefficient (Wildman–Crippen LogP) is 1.40. The van der Waals surface area contributed by atoms with E-state index in [2.05, 4.69) is 20.9 Å². The summed E-state index contributed by atoms with van der Waals surface area (Å²) >= 11 is 0. The quantitative estimate of drug-likeness (QED) is 0.538. The van der Waals surface area contributed by atoms with Crippen LogP contribution in [0.2, 0.25) is 0 Å². The van der Waals surface area contributed by atoms with E-state index in [-0.39, 0.29) is 12.1 Å². The SMILES string of the molecule is O=C(NCC[C@@H]1C[C@@H](F)CN1)O[C@@H]1[C@@H](O)CN[C@@H]1Cc1ccc(-c2cnco2)cc1. The van der Waals surface area contributed by atoms with E-state index in [1.54, 1.807) is 6.20 Å². The van der Waals surface area contributed by atoms with Gasteiger partial charge in [0.1, 0.15) is 18.4 Å². The van der Waals surface area contributed by atoms with E-state index in [9.17, 15) is 14.3 Å². The Kier molecular flexibility index (Phi) is 6.61. The van der Waals surface area contributed by atoms with Gasteiger partial charge in [-0.3, -0.25) is 0 Å². The van der Waals surface area contributed by atoms with Crippen molar-refractivity contribution in [2.24, 2.45) is 0 Å². The number of alkyl carbamates (subject to hydrolysis) is 1. The molecule has 2 aromatic rings. The lowest BCUT2D eigenvalue weighted by atomic mass is 10.00. The molecule has 0 aliphatic carbocycles. The normalized spacial score (nSPS) is 28.5. The molecule has 3 heterocycles. The van der Waals surface area contributed by atoms with Crippen LogP contribution >= 0.6 is 0 Å². The monoisotopic (exact) mass is 418 g/mol. The van der Waals surface area contributed by atoms with Gasteiger partial charge in [-0.05, 0) is 24.8 Å². The van der Waals surface area contributed by atoms with Crippen LogP contribution in [0.1, 0.15) is 18.4 Å². The summed E-state index contributed by atoms with van der Waals surface area (Å²) in [6.07, 6.45) is 1.98. The molecule has 2 fully saturated rings. The molecule has 2 aliphatic heterocycles. The predicted molar refractivity (Wildman–Crippen MR) is 108 cm³/mol. The van der Waals surface area contributed by atoms with Crippen molar-refractivity contribution >= 4 is 6.09 Å². The third-order valence-electron chi connectivity index (χ3n) is 5.66. The van der Waals surface area contributed by atoms with Gasteiger partial charge in [0.05, 0.1) is 12.2 Å². The summed E-state index contributed by atoms with van der Waals surface area (Å²) in [5, 5.41) is 19.2. The summed E-state index contributed by atoms with van der Waals surface area (Å²) in [5.41, 5.74) is 1.98. The second-order valence-corrected chi connectivity index (χ2v) is 7.87. The second-order valence-electron chi connectivity index (χ2n) is 7.87. The number of nitrogens with zero attached hydrogens (tertiary/aromatic N) is 1. The van der Waals surface area contributed by atoms with Gasteiger partial charge in [-0.1, -0.05) is 24.3 Å². The third kappa shape index (κ3) is 5.16. The number of carbonyl (C=O) groups is 1. The Morgan fingerprint density at radius 1 is 1.30 bits per heavy atom. The van der Waals surface area contributed by atoms with E-state index < -0.39 is 24.5 Å². The zero-order chi connectivity index (χ0) is 20.9. The minimum Gasteiger partial charge on any atom is -0.444 e. The molecule has 8 nitrogen and oxygen atoms in total. The van der Waals surface area contributed by atoms with Gasteiger partial charge in [0, 0.05) is 31.2 Å². The highest BCUT2D eigenvalue weighted by atomic mass is 19.1. The Morgan fingerprint density at radius 3 is 2.83 bits per heavy atom. The van der Waals surface area contributed by atoms with Crippen LogP contribution in [-0.4, -0.2) is 66.3 Å². The molecule has 9 heteroatoms. The highest BCUT2D eigenvalue weighted by Gasteiger charge is 2.37. The van der Waals surface area contributed by atoms with Gasteiger partial charge in [-0.15, -0.1) is 0 Å². The lowest BCUT2D eigenvalue weighted by Gasteiger charge is -2.22. The van der Waals surface area contributed by atoms with E-state index in [4.69, 9.17) is 9.15 Å². The smallest absolute Gasteiger partial charge is 0.407 e. The highest BCUT2D eigenvalue weighted by molar-refractivity contribution is 5.67. The summed E-state index contributed by atoms with van der Waals surface area (Å²) < 4.78 is 24.0. The van der Waals surface area contributed by atoms with Crippen LogP contribution in [0, 0.1) is 0 Å². The Balaban J connectivity index is 1.26. The van der Waals surface area contributed by atoms with Crippen LogP contribution in [0.15, 0.2) is 41.3 Å². The molecule has 162 valence electrons. The third-order valence-corrected chi connectivity index (χ3v) is 5.66. The van der Waals surface area contributed by atoms with Crippen molar-refractivity contribution in [2.45, 2.75) is 49.7 Å². The molecule has 0 unspecified atom stereocenters. The number of carbonyl (C=O) groups excluding carboxylic acids is 1. The fourth-order valence-electron chi connectivity index (χ4n) is 4.04. The molecule has 4 rings (SSSR count). The molecular weight excluding hydrogens is 391 g/mol. The summed E-state index contributed by atoms with van der Waals surface area (Å²) in [6.45, 7) is 1.13. The van der Waals surface area contributed by atoms with Crippen molar-refractivity contribution in [3.05, 3.63) is 42.4 Å². The molecule has 2 saturated heterocycles. The number of hydrogen-bond donors (Lipinski definition) is 4. The summed E-state index contributed by atoms with van der Waals surface area (Å²) in [7, 11) is 0. The van der Waals surface area contributed by atoms with E-state index in [1.807, 2.05) is 24.3 Å². The number of amides is 1. The molecule has 1 aromatic carbocycles. The van der Waals surface area contributed by atoms with Crippen molar-refractivity contribution < 1.29 is 23.4 Å². The van der Waals surface area contributed by atoms with E-state index in [0.717, 1.165) is 11.1 Å². The number of aliphatic hydroxyl groups is 1. The zero-order valence-electron chi connectivity index (χ0n) is 16.6. The van der Waals surface area contributed by atoms with Crippen molar-refractivity contribution in [1.29, 1.82) is 0 Å². The number of aromatic nitrogens is 1. The molecule has 1 aromatic heterocycles. The molecule has 1 amide bonds. The number of ether oxygens (including phenoxy) is 1. The molecular formula is C21H27FN4O4. The average molecular weight is 418 g/mol. The van der Waals surface area contributed by atoms with Crippen LogP contribution < -0.4 is 16.0 Å². The van der Waals surface area contributed by atoms with E-state index >= 15 is 0 Å². The summed E-state index contributed by atoms with van der Waals surface area (Å²) in [4.78, 5) is 16.1. The molecule has 0 radical (unpaired) electrons. The number of aliphatic hydroxyl groups excluding tert-OH is 1. The Labute approximate surface area is 174 Å². The fraction of sp³-hybridized carbons (Fsp3) is 0.524. The number of rotatable bonds is 7. The highest BCUT2D eigenvalue weighted by Crippen LogP contribution is 2.22. The zero-order valence-corrected chi connectivity index (χ0v) is 16.6. The van der Waals surface area contributed by atoms with Gasteiger partial charge in [0.15, 0.2) is 12.2 Å². The molecule has 0 bridgehead atoms. The van der Waals surface area contributed by atoms with Gasteiger partial charge in [0.25, 0.3) is 0 Å². The molecule has 30 heavy (non-hydrogen) atoms. The van der Waals surface area contributed by atoms with Crippen molar-refractivity contribution in [1.82, 2.24) is 20.9 Å². The van der Waals surface area contributed by atoms with Crippen molar-refractivity contribution in [2.75, 3.05) is 19.6 Å². The van der Waals surface area contributed by atoms with Crippen LogP contribution in [-0.2, 0) is 11.2 Å². The topological polar surface area (TPSA) is 109 Å². The molecule has 0 spiro atoms. The second kappa shape index (κ2) is 9.55. The molecule has 2 aliphatic rings. The Morgan fingerprint density at radius 2 is 2.13 bits per heavy atom. The Hall–Kier alpha value is -2.49. The average Bonchev–Trinajstić information content (AvgIpc) is 3.48. The lowest BCUT2D eigenvalue weighted by Crippen LogP contribution is -2.42. The number of halogens is 1. The lowest BCUT2D eigenvalue weighted by molar-refractivity contribution is 0.0189. The van der Waals surface area contributed by atoms with Crippen molar-refractivity contribution in [3.8, 4) is 11.3 Å². The largest absolute Gasteiger partial charge is 0.444 e. The van der Waals surface area contributed by atoms with Crippen LogP contribution in [0.5, 0.6) is 0 Å². The van der Waals surface area contributed by atoms with Gasteiger partial charge in [0.2, 0.25) is 0 Å². The number of nitrogens with one attached hydrogen (secondary N) is 3. The van der Waals surface area contributed by atoms with Gasteiger partial charge in [-0.25, -0.2) is 14.2 Å². The van der Waals surface area contributed by atoms with E-state index in [1.165, 1.54) is 6.39 Å². The number of β-amino-alcohol motifs (C(OH)–C–C–N with tert-alkyl or cyclic N) is 1. The first-order valence-electron chi connectivity index (χ1n) is 10.3. The summed E-state index contributed by atoms with van der Waals surface area (Å²) in [6, 6.07) is 7.74. The van der Waals surface area contributed by atoms with Crippen LogP contribution in [0.25, 0.3) is 11.3 Å². The number of hydrogen-bond acceptors (Lipinski definition) is 7. The maximum Gasteiger partial charge on any atom is 0.407 e. The summed E-state index contributed by atoms with van der Waals surface area (Å²) in [5.74, 6) is 0.698. The maximum absolute atomic E-state index is 13.2. The maximum atomic E-state index is 13.2. The molecule has 0 saturated carbocycles. The number of alkyl halides is 1. The van der Waals surface area contributed by atoms with Gasteiger partial charge < -0.3 is 30.2 Å². The standard InChI is InChI=1S/C21H27FN4O4/c22-15-8-16(25-9-15)5-6-24-21(28)30-20-17(26-10-18(20)27)7-13-1-3-14(4-2-13)19-11-23-12-29-19/h1-4,11-12,15-18,20,25-27H,5-10H2,(H,24,28)/t15-,16-,17-,18+,20+/m1/s1. The minimum absolute atomic E-state index is 0.0757. The van der Waals surface area contributed by atoms with Crippen molar-refractivity contribution in [3.63, 3.8) is 0 Å². The number of oxazole rings is 1. The minimum atomic E-state index is -0.813. The molecule has 5 atom stereocenters. The fourth-order valence-corrected chi connectivity index (χ4v) is 4.04. The van der Waals surface area contributed by atoms with Gasteiger partial charge in [-0.2, -0.15) is 0 Å².